The van der Waals surface area contributed by atoms with Crippen LogP contribution in [-0.2, 0) is 4.79 Å². The third-order valence-electron chi connectivity index (χ3n) is 6.49. The maximum atomic E-state index is 13.0. The maximum absolute atomic E-state index is 13.0. The van der Waals surface area contributed by atoms with Crippen molar-refractivity contribution in [1.82, 2.24) is 10.2 Å². The van der Waals surface area contributed by atoms with Crippen molar-refractivity contribution in [3.8, 4) is 0 Å². The first-order valence-electron chi connectivity index (χ1n) is 11.8. The Morgan fingerprint density at radius 3 is 2.24 bits per heavy atom. The molecule has 0 saturated carbocycles. The summed E-state index contributed by atoms with van der Waals surface area (Å²) in [7, 11) is 0. The van der Waals surface area contributed by atoms with Crippen molar-refractivity contribution in [3.05, 3.63) is 94.9 Å². The second kappa shape index (κ2) is 10.5. The van der Waals surface area contributed by atoms with Crippen molar-refractivity contribution in [1.29, 1.82) is 0 Å². The van der Waals surface area contributed by atoms with Crippen LogP contribution in [0.1, 0.15) is 58.2 Å². The highest BCUT2D eigenvalue weighted by molar-refractivity contribution is 5.95. The van der Waals surface area contributed by atoms with Crippen LogP contribution in [0, 0.1) is 19.8 Å². The van der Waals surface area contributed by atoms with Gasteiger partial charge in [-0.1, -0.05) is 60.7 Å². The minimum atomic E-state index is -0.178. The van der Waals surface area contributed by atoms with Gasteiger partial charge in [-0.25, -0.2) is 0 Å². The van der Waals surface area contributed by atoms with Crippen LogP contribution < -0.4 is 5.32 Å². The Labute approximate surface area is 195 Å². The fourth-order valence-electron chi connectivity index (χ4n) is 4.77. The predicted molar refractivity (Wildman–Crippen MR) is 129 cm³/mol. The highest BCUT2D eigenvalue weighted by Crippen LogP contribution is 2.27. The fourth-order valence-corrected chi connectivity index (χ4v) is 4.77. The largest absolute Gasteiger partial charge is 0.466 e. The zero-order valence-corrected chi connectivity index (χ0v) is 19.4. The molecule has 0 radical (unpaired) electrons. The minimum Gasteiger partial charge on any atom is -0.466 e. The van der Waals surface area contributed by atoms with E-state index in [1.165, 1.54) is 11.1 Å². The molecule has 1 unspecified atom stereocenters. The van der Waals surface area contributed by atoms with Gasteiger partial charge in [-0.05, 0) is 50.3 Å². The van der Waals surface area contributed by atoms with Gasteiger partial charge in [0.1, 0.15) is 11.5 Å². The summed E-state index contributed by atoms with van der Waals surface area (Å²) in [6.07, 6.45) is 2.46. The van der Waals surface area contributed by atoms with Crippen LogP contribution in [0.3, 0.4) is 0 Å². The minimum absolute atomic E-state index is 0.0347. The van der Waals surface area contributed by atoms with Gasteiger partial charge in [0, 0.05) is 25.6 Å². The lowest BCUT2D eigenvalue weighted by Crippen LogP contribution is -2.45. The van der Waals surface area contributed by atoms with Gasteiger partial charge in [0.15, 0.2) is 0 Å². The Hall–Kier alpha value is -3.34. The SMILES string of the molecule is Cc1cc(C(=O)N2CCCC(C(=O)NCCC(c3ccccc3)c3ccccc3)C2)c(C)o1. The Bertz CT molecular complexity index is 1040. The number of nitrogens with zero attached hydrogens (tertiary/aromatic N) is 1. The summed E-state index contributed by atoms with van der Waals surface area (Å²) in [6.45, 7) is 5.38. The smallest absolute Gasteiger partial charge is 0.257 e. The van der Waals surface area contributed by atoms with E-state index in [4.69, 9.17) is 4.42 Å². The molecule has 2 amide bonds. The molecule has 0 spiro atoms. The lowest BCUT2D eigenvalue weighted by atomic mass is 9.88. The zero-order valence-electron chi connectivity index (χ0n) is 19.4. The Morgan fingerprint density at radius 1 is 1.03 bits per heavy atom. The first-order valence-corrected chi connectivity index (χ1v) is 11.8. The van der Waals surface area contributed by atoms with Crippen molar-refractivity contribution in [3.63, 3.8) is 0 Å². The third kappa shape index (κ3) is 5.54. The zero-order chi connectivity index (χ0) is 23.2. The number of likely N-dealkylation sites (tertiary alicyclic amines) is 1. The van der Waals surface area contributed by atoms with Gasteiger partial charge in [0.25, 0.3) is 5.91 Å². The molecule has 3 aromatic rings. The lowest BCUT2D eigenvalue weighted by molar-refractivity contribution is -0.126. The van der Waals surface area contributed by atoms with Crippen LogP contribution in [0.15, 0.2) is 71.1 Å². The van der Waals surface area contributed by atoms with Gasteiger partial charge in [-0.3, -0.25) is 9.59 Å². The van der Waals surface area contributed by atoms with E-state index >= 15 is 0 Å². The predicted octanol–water partition coefficient (Wildman–Crippen LogP) is 5.09. The molecule has 5 heteroatoms. The van der Waals surface area contributed by atoms with Crippen LogP contribution in [0.4, 0.5) is 0 Å². The average Bonchev–Trinajstić information content (AvgIpc) is 3.20. The van der Waals surface area contributed by atoms with Gasteiger partial charge in [-0.2, -0.15) is 0 Å². The number of aryl methyl sites for hydroxylation is 2. The number of carbonyl (C=O) groups is 2. The molecule has 4 rings (SSSR count). The molecule has 172 valence electrons. The molecule has 1 fully saturated rings. The summed E-state index contributed by atoms with van der Waals surface area (Å²) in [6, 6.07) is 22.6. The van der Waals surface area contributed by atoms with Gasteiger partial charge in [0.2, 0.25) is 5.91 Å². The number of benzene rings is 2. The molecule has 1 aliphatic heterocycles. The van der Waals surface area contributed by atoms with E-state index in [1.54, 1.807) is 11.0 Å². The molecule has 1 aliphatic rings. The first kappa shape index (κ1) is 22.8. The second-order valence-electron chi connectivity index (χ2n) is 8.87. The number of nitrogens with one attached hydrogen (secondary N) is 1. The Morgan fingerprint density at radius 2 is 1.67 bits per heavy atom. The van der Waals surface area contributed by atoms with E-state index in [2.05, 4.69) is 53.8 Å². The summed E-state index contributed by atoms with van der Waals surface area (Å²) in [4.78, 5) is 27.7. The second-order valence-corrected chi connectivity index (χ2v) is 8.87. The highest BCUT2D eigenvalue weighted by Gasteiger charge is 2.30. The van der Waals surface area contributed by atoms with Crippen LogP contribution >= 0.6 is 0 Å². The average molecular weight is 445 g/mol. The van der Waals surface area contributed by atoms with Crippen molar-refractivity contribution in [2.45, 2.75) is 39.0 Å². The molecule has 5 nitrogen and oxygen atoms in total. The van der Waals surface area contributed by atoms with Crippen LogP contribution in [0.2, 0.25) is 0 Å². The van der Waals surface area contributed by atoms with Crippen molar-refractivity contribution >= 4 is 11.8 Å². The van der Waals surface area contributed by atoms with E-state index in [9.17, 15) is 9.59 Å². The van der Waals surface area contributed by atoms with Gasteiger partial charge >= 0.3 is 0 Å². The molecule has 33 heavy (non-hydrogen) atoms. The maximum Gasteiger partial charge on any atom is 0.257 e. The molecule has 1 saturated heterocycles. The summed E-state index contributed by atoms with van der Waals surface area (Å²) in [5.41, 5.74) is 3.10. The Kier molecular flexibility index (Phi) is 7.28. The molecule has 1 N–H and O–H groups in total. The quantitative estimate of drug-likeness (QED) is 0.552. The number of rotatable bonds is 7. The molecule has 1 aromatic heterocycles. The monoisotopic (exact) mass is 444 g/mol. The fraction of sp³-hybridized carbons (Fsp3) is 0.357. The topological polar surface area (TPSA) is 62.6 Å². The molecule has 2 heterocycles. The molecule has 1 atom stereocenters. The van der Waals surface area contributed by atoms with E-state index in [0.29, 0.717) is 31.0 Å². The number of hydrogen-bond donors (Lipinski definition) is 1. The van der Waals surface area contributed by atoms with Crippen molar-refractivity contribution < 1.29 is 14.0 Å². The summed E-state index contributed by atoms with van der Waals surface area (Å²) >= 11 is 0. The molecule has 0 bridgehead atoms. The van der Waals surface area contributed by atoms with Gasteiger partial charge < -0.3 is 14.6 Å². The lowest BCUT2D eigenvalue weighted by Gasteiger charge is -2.32. The van der Waals surface area contributed by atoms with Crippen LogP contribution in [0.5, 0.6) is 0 Å². The van der Waals surface area contributed by atoms with E-state index in [-0.39, 0.29) is 23.7 Å². The standard InChI is InChI=1S/C28H32N2O3/c1-20-18-26(21(2)33-20)28(32)30-17-9-14-24(19-30)27(31)29-16-15-25(22-10-5-3-6-11-22)23-12-7-4-8-13-23/h3-8,10-13,18,24-25H,9,14-17,19H2,1-2H3,(H,29,31). The van der Waals surface area contributed by atoms with Crippen LogP contribution in [-0.4, -0.2) is 36.3 Å². The van der Waals surface area contributed by atoms with E-state index in [0.717, 1.165) is 25.0 Å². The van der Waals surface area contributed by atoms with Gasteiger partial charge in [-0.15, -0.1) is 0 Å². The van der Waals surface area contributed by atoms with E-state index < -0.39 is 0 Å². The number of piperidine rings is 1. The highest BCUT2D eigenvalue weighted by atomic mass is 16.3. The van der Waals surface area contributed by atoms with Gasteiger partial charge in [0.05, 0.1) is 11.5 Å². The number of hydrogen-bond acceptors (Lipinski definition) is 3. The van der Waals surface area contributed by atoms with Crippen molar-refractivity contribution in [2.75, 3.05) is 19.6 Å². The molecule has 2 aromatic carbocycles. The number of furan rings is 1. The number of amides is 2. The van der Waals surface area contributed by atoms with Crippen molar-refractivity contribution in [2.24, 2.45) is 5.92 Å². The summed E-state index contributed by atoms with van der Waals surface area (Å²) < 4.78 is 5.52. The Balaban J connectivity index is 1.35. The molecular weight excluding hydrogens is 412 g/mol. The molecule has 0 aliphatic carbocycles. The van der Waals surface area contributed by atoms with Crippen LogP contribution in [0.25, 0.3) is 0 Å². The summed E-state index contributed by atoms with van der Waals surface area (Å²) in [5.74, 6) is 1.40. The normalized spacial score (nSPS) is 16.1. The van der Waals surface area contributed by atoms with E-state index in [1.807, 2.05) is 26.0 Å². The number of carbonyl (C=O) groups excluding carboxylic acids is 2. The first-order chi connectivity index (χ1) is 16.0. The molecular formula is C28H32N2O3. The third-order valence-corrected chi connectivity index (χ3v) is 6.49. The summed E-state index contributed by atoms with van der Waals surface area (Å²) in [5, 5.41) is 3.14.